The Balaban J connectivity index is 1.60. The van der Waals surface area contributed by atoms with Gasteiger partial charge >= 0.3 is 0 Å². The van der Waals surface area contributed by atoms with Crippen LogP contribution in [0.2, 0.25) is 0 Å². The molecule has 3 nitrogen and oxygen atoms in total. The minimum atomic E-state index is -0.666. The second kappa shape index (κ2) is 8.30. The third-order valence-corrected chi connectivity index (χ3v) is 5.28. The molecule has 0 saturated carbocycles. The van der Waals surface area contributed by atoms with E-state index in [4.69, 9.17) is 16.9 Å². The number of rotatable bonds is 5. The first-order chi connectivity index (χ1) is 14.2. The molecule has 1 heterocycles. The fraction of sp³-hybridized carbons (Fsp3) is 0.0833. The predicted molar refractivity (Wildman–Crippen MR) is 112 cm³/mol. The van der Waals surface area contributed by atoms with Crippen LogP contribution in [0, 0.1) is 17.1 Å². The minimum absolute atomic E-state index is 0.350. The zero-order valence-corrected chi connectivity index (χ0v) is 16.2. The molecule has 4 aromatic rings. The standard InChI is InChI=1S/C24H17ClFN3/c25-24(21-11-10-20(12-22(21)26)19-4-2-1-3-5-19)23-14-28-16-29(23)15-18-8-6-17(13-27)7-9-18/h1-12,14,16,24H,15H2. The molecule has 4 rings (SSSR count). The van der Waals surface area contributed by atoms with Gasteiger partial charge in [0.15, 0.2) is 0 Å². The molecule has 0 N–H and O–H groups in total. The zero-order valence-electron chi connectivity index (χ0n) is 15.5. The molecule has 0 amide bonds. The van der Waals surface area contributed by atoms with Crippen molar-refractivity contribution in [2.45, 2.75) is 11.9 Å². The minimum Gasteiger partial charge on any atom is -0.328 e. The van der Waals surface area contributed by atoms with E-state index in [1.807, 2.05) is 53.1 Å². The molecular weight excluding hydrogens is 385 g/mol. The molecule has 3 aromatic carbocycles. The quantitative estimate of drug-likeness (QED) is 0.388. The molecule has 0 spiro atoms. The van der Waals surface area contributed by atoms with Crippen LogP contribution < -0.4 is 0 Å². The van der Waals surface area contributed by atoms with E-state index < -0.39 is 5.38 Å². The monoisotopic (exact) mass is 401 g/mol. The predicted octanol–water partition coefficient (Wildman–Crippen LogP) is 5.94. The van der Waals surface area contributed by atoms with Gasteiger partial charge in [-0.1, -0.05) is 54.6 Å². The Morgan fingerprint density at radius 3 is 2.45 bits per heavy atom. The van der Waals surface area contributed by atoms with Crippen LogP contribution in [-0.4, -0.2) is 9.55 Å². The van der Waals surface area contributed by atoms with Gasteiger partial charge < -0.3 is 4.57 Å². The molecule has 1 atom stereocenters. The maximum Gasteiger partial charge on any atom is 0.128 e. The molecule has 0 bridgehead atoms. The lowest BCUT2D eigenvalue weighted by Gasteiger charge is -2.15. The number of halogens is 2. The smallest absolute Gasteiger partial charge is 0.128 e. The van der Waals surface area contributed by atoms with Crippen LogP contribution in [-0.2, 0) is 6.54 Å². The Bertz CT molecular complexity index is 1160. The zero-order chi connectivity index (χ0) is 20.2. The second-order valence-corrected chi connectivity index (χ2v) is 7.16. The summed E-state index contributed by atoms with van der Waals surface area (Å²) in [6.45, 7) is 0.536. The third-order valence-electron chi connectivity index (χ3n) is 4.82. The van der Waals surface area contributed by atoms with E-state index in [-0.39, 0.29) is 5.82 Å². The van der Waals surface area contributed by atoms with Gasteiger partial charge in [-0.15, -0.1) is 11.6 Å². The molecule has 1 aromatic heterocycles. The molecule has 5 heteroatoms. The van der Waals surface area contributed by atoms with Crippen molar-refractivity contribution in [3.8, 4) is 17.2 Å². The van der Waals surface area contributed by atoms with Gasteiger partial charge in [-0.3, -0.25) is 0 Å². The van der Waals surface area contributed by atoms with E-state index in [2.05, 4.69) is 11.1 Å². The van der Waals surface area contributed by atoms with E-state index in [0.717, 1.165) is 16.7 Å². The number of nitriles is 1. The molecular formula is C24H17ClFN3. The normalized spacial score (nSPS) is 11.8. The van der Waals surface area contributed by atoms with Crippen molar-refractivity contribution in [2.24, 2.45) is 0 Å². The Morgan fingerprint density at radius 1 is 1.00 bits per heavy atom. The summed E-state index contributed by atoms with van der Waals surface area (Å²) in [6, 6.07) is 24.2. The van der Waals surface area contributed by atoms with Gasteiger partial charge in [-0.2, -0.15) is 5.26 Å². The second-order valence-electron chi connectivity index (χ2n) is 6.72. The van der Waals surface area contributed by atoms with Crippen molar-refractivity contribution in [3.05, 3.63) is 114 Å². The topological polar surface area (TPSA) is 41.6 Å². The summed E-state index contributed by atoms with van der Waals surface area (Å²) < 4.78 is 16.8. The van der Waals surface area contributed by atoms with Crippen LogP contribution in [0.25, 0.3) is 11.1 Å². The Morgan fingerprint density at radius 2 is 1.76 bits per heavy atom. The first kappa shape index (κ1) is 18.9. The van der Waals surface area contributed by atoms with E-state index in [9.17, 15) is 4.39 Å². The largest absolute Gasteiger partial charge is 0.328 e. The highest BCUT2D eigenvalue weighted by Crippen LogP contribution is 2.33. The lowest BCUT2D eigenvalue weighted by atomic mass is 10.0. The van der Waals surface area contributed by atoms with Crippen LogP contribution in [0.15, 0.2) is 85.3 Å². The van der Waals surface area contributed by atoms with Crippen LogP contribution >= 0.6 is 11.6 Å². The van der Waals surface area contributed by atoms with Crippen molar-refractivity contribution in [1.29, 1.82) is 5.26 Å². The molecule has 0 fully saturated rings. The number of imidazole rings is 1. The number of alkyl halides is 1. The van der Waals surface area contributed by atoms with Gasteiger partial charge in [0, 0.05) is 18.3 Å². The molecule has 1 unspecified atom stereocenters. The van der Waals surface area contributed by atoms with Crippen molar-refractivity contribution in [3.63, 3.8) is 0 Å². The number of aromatic nitrogens is 2. The first-order valence-corrected chi connectivity index (χ1v) is 9.57. The Labute approximate surface area is 173 Å². The van der Waals surface area contributed by atoms with Crippen LogP contribution in [0.3, 0.4) is 0 Å². The first-order valence-electron chi connectivity index (χ1n) is 9.13. The van der Waals surface area contributed by atoms with Gasteiger partial charge in [0.05, 0.1) is 23.7 Å². The maximum atomic E-state index is 14.9. The van der Waals surface area contributed by atoms with E-state index >= 15 is 0 Å². The summed E-state index contributed by atoms with van der Waals surface area (Å²) >= 11 is 6.65. The lowest BCUT2D eigenvalue weighted by Crippen LogP contribution is -2.07. The number of hydrogen-bond acceptors (Lipinski definition) is 2. The van der Waals surface area contributed by atoms with Gasteiger partial charge in [0.2, 0.25) is 0 Å². The fourth-order valence-electron chi connectivity index (χ4n) is 3.26. The molecule has 0 aliphatic rings. The van der Waals surface area contributed by atoms with Crippen molar-refractivity contribution in [1.82, 2.24) is 9.55 Å². The fourth-order valence-corrected chi connectivity index (χ4v) is 3.62. The SMILES string of the molecule is N#Cc1ccc(Cn2cncc2C(Cl)c2ccc(-c3ccccc3)cc2F)cc1. The highest BCUT2D eigenvalue weighted by atomic mass is 35.5. The summed E-state index contributed by atoms with van der Waals surface area (Å²) in [7, 11) is 0. The average molecular weight is 402 g/mol. The third kappa shape index (κ3) is 4.06. The summed E-state index contributed by atoms with van der Waals surface area (Å²) in [6.07, 6.45) is 3.34. The van der Waals surface area contributed by atoms with Gasteiger partial charge in [0.25, 0.3) is 0 Å². The number of hydrogen-bond donors (Lipinski definition) is 0. The summed E-state index contributed by atoms with van der Waals surface area (Å²) in [4.78, 5) is 4.20. The molecule has 29 heavy (non-hydrogen) atoms. The van der Waals surface area contributed by atoms with Crippen molar-refractivity contribution in [2.75, 3.05) is 0 Å². The van der Waals surface area contributed by atoms with E-state index in [0.29, 0.717) is 23.4 Å². The summed E-state index contributed by atoms with van der Waals surface area (Å²) in [5.74, 6) is -0.350. The van der Waals surface area contributed by atoms with Crippen molar-refractivity contribution >= 4 is 11.6 Å². The number of nitrogens with zero attached hydrogens (tertiary/aromatic N) is 3. The summed E-state index contributed by atoms with van der Waals surface area (Å²) in [5, 5.41) is 8.26. The van der Waals surface area contributed by atoms with Gasteiger partial charge in [0.1, 0.15) is 11.2 Å². The maximum absolute atomic E-state index is 14.9. The average Bonchev–Trinajstić information content (AvgIpc) is 3.22. The van der Waals surface area contributed by atoms with Gasteiger partial charge in [-0.05, 0) is 34.9 Å². The Hall–Kier alpha value is -3.42. The van der Waals surface area contributed by atoms with E-state index in [1.165, 1.54) is 6.07 Å². The highest BCUT2D eigenvalue weighted by molar-refractivity contribution is 6.22. The molecule has 0 radical (unpaired) electrons. The molecule has 0 saturated heterocycles. The van der Waals surface area contributed by atoms with E-state index in [1.54, 1.807) is 30.7 Å². The Kier molecular flexibility index (Phi) is 5.41. The van der Waals surface area contributed by atoms with Crippen LogP contribution in [0.1, 0.15) is 27.8 Å². The van der Waals surface area contributed by atoms with Gasteiger partial charge in [-0.25, -0.2) is 9.37 Å². The molecule has 0 aliphatic carbocycles. The molecule has 142 valence electrons. The van der Waals surface area contributed by atoms with Crippen LogP contribution in [0.5, 0.6) is 0 Å². The van der Waals surface area contributed by atoms with Crippen molar-refractivity contribution < 1.29 is 4.39 Å². The lowest BCUT2D eigenvalue weighted by molar-refractivity contribution is 0.609. The summed E-state index contributed by atoms with van der Waals surface area (Å²) in [5.41, 5.74) is 4.49. The molecule has 0 aliphatic heterocycles. The van der Waals surface area contributed by atoms with Crippen LogP contribution in [0.4, 0.5) is 4.39 Å². The highest BCUT2D eigenvalue weighted by Gasteiger charge is 2.20. The number of benzene rings is 3.